The molecule has 4 heterocycles. The molecule has 57 heavy (non-hydrogen) atoms. The SMILES string of the molecule is Cc1ccc2c(n1)oc1c(-c3nc4ccccc4n3-c3ccc(-c4ccccc4)cc3)[c-]ccc12.[2H]C([2H])([2H])c1c[c-]c(-c2cc(C([2H])([2H])C(C)C)[c]([Ge]([CH3])([CH3])[CH3])cn2)cc1.[Ir]. The van der Waals surface area contributed by atoms with Crippen molar-refractivity contribution in [1.82, 2.24) is 19.5 Å². The second kappa shape index (κ2) is 16.8. The van der Waals surface area contributed by atoms with E-state index in [0.29, 0.717) is 22.5 Å². The molecule has 0 atom stereocenters. The predicted octanol–water partition coefficient (Wildman–Crippen LogP) is 12.4. The number of nitrogens with zero attached hydrogens (tertiary/aromatic N) is 4. The smallest absolute Gasteiger partial charge is 0 e. The standard InChI is InChI=1S/C31H20N3O.C19H26GeN.Ir/c1-20-14-19-25-24-10-7-11-26(29(24)35-31(25)32-20)30-33-27-12-5-6-13-28(27)34(30)23-17-15-22(16-18-23)21-8-3-2-4-9-21;1-14(2)11-17-12-19(16-9-7-15(3)8-10-16)21-13-18(17)20(4,5)6;/h2-10,12-19H,1H3;7-9,12-14H,11H2,1-6H3;/q2*-1;/i;3D3,11D2;. The Balaban J connectivity index is 0.000000193. The average molecular weight is 989 g/mol. The second-order valence-electron chi connectivity index (χ2n) is 15.3. The maximum Gasteiger partial charge on any atom is 0 e. The maximum absolute atomic E-state index is 8.60. The molecular formula is C50H46GeIrN4O-2. The molecule has 9 aromatic rings. The molecule has 0 saturated heterocycles. The molecule has 5 aromatic carbocycles. The largest absolute Gasteiger partial charge is 0 e. The second-order valence-corrected chi connectivity index (χ2v) is 25.9. The third kappa shape index (κ3) is 8.45. The third-order valence-corrected chi connectivity index (χ3v) is 13.9. The van der Waals surface area contributed by atoms with Gasteiger partial charge in [0.05, 0.1) is 22.4 Å². The molecule has 9 rings (SSSR count). The molecule has 0 spiro atoms. The van der Waals surface area contributed by atoms with Crippen LogP contribution in [0.2, 0.25) is 17.3 Å². The van der Waals surface area contributed by atoms with E-state index in [4.69, 9.17) is 16.3 Å². The summed E-state index contributed by atoms with van der Waals surface area (Å²) in [6.07, 6.45) is 0.362. The van der Waals surface area contributed by atoms with Crippen LogP contribution in [0.15, 0.2) is 138 Å². The minimum atomic E-state index is -2.32. The number of pyridine rings is 2. The number of hydrogen-bond donors (Lipinski definition) is 0. The van der Waals surface area contributed by atoms with E-state index in [1.807, 2.05) is 75.5 Å². The predicted molar refractivity (Wildman–Crippen MR) is 235 cm³/mol. The molecule has 0 amide bonds. The van der Waals surface area contributed by atoms with E-state index in [0.717, 1.165) is 54.6 Å². The van der Waals surface area contributed by atoms with E-state index in [1.54, 1.807) is 12.1 Å². The maximum atomic E-state index is 8.60. The third-order valence-electron chi connectivity index (χ3n) is 9.70. The zero-order valence-corrected chi connectivity index (χ0v) is 37.3. The van der Waals surface area contributed by atoms with Crippen molar-refractivity contribution in [3.8, 4) is 39.5 Å². The van der Waals surface area contributed by atoms with Gasteiger partial charge in [0, 0.05) is 36.9 Å². The number of aryl methyl sites for hydroxylation is 2. The summed E-state index contributed by atoms with van der Waals surface area (Å²) in [5.41, 5.74) is 10.7. The van der Waals surface area contributed by atoms with Crippen LogP contribution in [0.5, 0.6) is 0 Å². The van der Waals surface area contributed by atoms with Crippen LogP contribution in [-0.4, -0.2) is 32.8 Å². The molecule has 4 aromatic heterocycles. The molecule has 5 nitrogen and oxygen atoms in total. The van der Waals surface area contributed by atoms with Gasteiger partial charge in [-0.25, -0.2) is 4.98 Å². The van der Waals surface area contributed by atoms with Crippen molar-refractivity contribution >= 4 is 50.8 Å². The van der Waals surface area contributed by atoms with Crippen LogP contribution in [0.1, 0.15) is 37.5 Å². The van der Waals surface area contributed by atoms with E-state index in [2.05, 4.69) is 105 Å². The monoisotopic (exact) mass is 990 g/mol. The number of furan rings is 1. The fraction of sp³-hybridized carbons (Fsp3) is 0.180. The van der Waals surface area contributed by atoms with Crippen LogP contribution in [-0.2, 0) is 26.5 Å². The van der Waals surface area contributed by atoms with Crippen molar-refractivity contribution in [3.05, 3.63) is 163 Å². The van der Waals surface area contributed by atoms with Crippen molar-refractivity contribution < 1.29 is 31.4 Å². The fourth-order valence-electron chi connectivity index (χ4n) is 6.98. The normalized spacial score (nSPS) is 13.3. The van der Waals surface area contributed by atoms with Crippen molar-refractivity contribution in [2.24, 2.45) is 5.92 Å². The summed E-state index contributed by atoms with van der Waals surface area (Å²) in [6, 6.07) is 48.2. The van der Waals surface area contributed by atoms with Gasteiger partial charge in [0.25, 0.3) is 0 Å². The van der Waals surface area contributed by atoms with Gasteiger partial charge >= 0.3 is 139 Å². The van der Waals surface area contributed by atoms with Crippen LogP contribution >= 0.6 is 0 Å². The molecule has 0 saturated carbocycles. The molecule has 0 aliphatic heterocycles. The van der Waals surface area contributed by atoms with Crippen LogP contribution in [0.3, 0.4) is 0 Å². The number of para-hydroxylation sites is 2. The van der Waals surface area contributed by atoms with Crippen LogP contribution < -0.4 is 4.40 Å². The summed E-state index contributed by atoms with van der Waals surface area (Å²) in [5.74, 6) is 7.32. The first kappa shape index (κ1) is 34.0. The van der Waals surface area contributed by atoms with Crippen molar-refractivity contribution in [3.63, 3.8) is 0 Å². The van der Waals surface area contributed by atoms with Gasteiger partial charge in [-0.3, -0.25) is 4.98 Å². The molecular weight excluding hydrogens is 937 g/mol. The van der Waals surface area contributed by atoms with Crippen molar-refractivity contribution in [2.75, 3.05) is 0 Å². The zero-order chi connectivity index (χ0) is 43.3. The number of hydrogen-bond acceptors (Lipinski definition) is 4. The van der Waals surface area contributed by atoms with Gasteiger partial charge in [-0.15, -0.1) is 18.2 Å². The number of benzene rings is 5. The summed E-state index contributed by atoms with van der Waals surface area (Å²) >= 11 is -2.32. The van der Waals surface area contributed by atoms with Crippen molar-refractivity contribution in [1.29, 1.82) is 0 Å². The van der Waals surface area contributed by atoms with Crippen LogP contribution in [0, 0.1) is 31.8 Å². The topological polar surface area (TPSA) is 56.7 Å². The summed E-state index contributed by atoms with van der Waals surface area (Å²) in [7, 11) is 0. The first-order valence-electron chi connectivity index (χ1n) is 21.4. The molecule has 287 valence electrons. The quantitative estimate of drug-likeness (QED) is 0.118. The number of aromatic nitrogens is 4. The molecule has 0 fully saturated rings. The Kier molecular flexibility index (Phi) is 9.98. The molecule has 0 aliphatic rings. The van der Waals surface area contributed by atoms with E-state index in [-0.39, 0.29) is 31.6 Å². The van der Waals surface area contributed by atoms with E-state index in [1.165, 1.54) is 17.2 Å². The summed E-state index contributed by atoms with van der Waals surface area (Å²) < 4.78 is 49.1. The Morgan fingerprint density at radius 2 is 1.58 bits per heavy atom. The van der Waals surface area contributed by atoms with Gasteiger partial charge in [-0.05, 0) is 54.4 Å². The fourth-order valence-corrected chi connectivity index (χ4v) is 9.93. The Bertz CT molecular complexity index is 3010. The van der Waals surface area contributed by atoms with Gasteiger partial charge in [0.1, 0.15) is 0 Å². The minimum Gasteiger partial charge on any atom is 0 e. The average Bonchev–Trinajstić information content (AvgIpc) is 3.82. The van der Waals surface area contributed by atoms with Gasteiger partial charge in [0.2, 0.25) is 5.71 Å². The summed E-state index contributed by atoms with van der Waals surface area (Å²) in [6.45, 7) is 3.58. The first-order chi connectivity index (χ1) is 29.0. The number of fused-ring (bicyclic) bond motifs is 4. The zero-order valence-electron chi connectivity index (χ0n) is 37.8. The Morgan fingerprint density at radius 1 is 0.825 bits per heavy atom. The summed E-state index contributed by atoms with van der Waals surface area (Å²) in [5, 5.41) is 2.01. The molecule has 0 aliphatic carbocycles. The number of imidazole rings is 1. The van der Waals surface area contributed by atoms with Gasteiger partial charge in [0.15, 0.2) is 0 Å². The van der Waals surface area contributed by atoms with E-state index < -0.39 is 26.5 Å². The van der Waals surface area contributed by atoms with Crippen LogP contribution in [0.4, 0.5) is 0 Å². The van der Waals surface area contributed by atoms with E-state index in [9.17, 15) is 0 Å². The van der Waals surface area contributed by atoms with E-state index >= 15 is 0 Å². The Labute approximate surface area is 359 Å². The molecule has 0 unspecified atom stereocenters. The molecule has 1 radical (unpaired) electrons. The minimum absolute atomic E-state index is 0. The Morgan fingerprint density at radius 3 is 2.30 bits per heavy atom. The summed E-state index contributed by atoms with van der Waals surface area (Å²) in [4.78, 5) is 14.2. The van der Waals surface area contributed by atoms with Crippen LogP contribution in [0.25, 0.3) is 72.6 Å². The molecule has 7 heteroatoms. The van der Waals surface area contributed by atoms with Gasteiger partial charge in [-0.1, -0.05) is 65.5 Å². The first-order valence-corrected chi connectivity index (χ1v) is 26.2. The van der Waals surface area contributed by atoms with Gasteiger partial charge < -0.3 is 8.98 Å². The number of rotatable bonds is 7. The molecule has 0 bridgehead atoms. The van der Waals surface area contributed by atoms with Crippen molar-refractivity contribution in [2.45, 2.75) is 51.3 Å². The Hall–Kier alpha value is -5.14. The van der Waals surface area contributed by atoms with Gasteiger partial charge in [-0.2, -0.15) is 0 Å². The molecule has 0 N–H and O–H groups in total.